The number of carbonyl (C=O) groups is 1. The van der Waals surface area contributed by atoms with E-state index >= 15 is 0 Å². The number of aliphatic hydroxyl groups is 3. The molecule has 0 radical (unpaired) electrons. The lowest BCUT2D eigenvalue weighted by molar-refractivity contribution is -0.145. The van der Waals surface area contributed by atoms with Crippen LogP contribution in [-0.2, 0) is 9.53 Å². The summed E-state index contributed by atoms with van der Waals surface area (Å²) in [6.45, 7) is -0.375. The van der Waals surface area contributed by atoms with Crippen LogP contribution >= 0.6 is 0 Å². The molecule has 1 amide bonds. The minimum absolute atomic E-state index is 0.0991. The highest BCUT2D eigenvalue weighted by Gasteiger charge is 2.40. The molecule has 7 nitrogen and oxygen atoms in total. The first-order chi connectivity index (χ1) is 8.02. The van der Waals surface area contributed by atoms with Gasteiger partial charge in [0, 0.05) is 12.6 Å². The Hall–Kier alpha value is -1.22. The molecule has 2 aliphatic heterocycles. The molecule has 96 valence electrons. The topological polar surface area (TPSA) is 102 Å². The molecular formula is C9H13FN2O5. The van der Waals surface area contributed by atoms with Crippen molar-refractivity contribution < 1.29 is 29.2 Å². The van der Waals surface area contributed by atoms with Crippen LogP contribution in [-0.4, -0.2) is 57.5 Å². The molecule has 0 saturated carbocycles. The second-order valence-electron chi connectivity index (χ2n) is 3.89. The van der Waals surface area contributed by atoms with Gasteiger partial charge in [-0.05, 0) is 0 Å². The first-order valence-electron chi connectivity index (χ1n) is 5.11. The molecule has 0 aromatic heterocycles. The van der Waals surface area contributed by atoms with Gasteiger partial charge in [0.1, 0.15) is 12.3 Å². The molecule has 2 heterocycles. The van der Waals surface area contributed by atoms with Gasteiger partial charge in [-0.2, -0.15) is 4.39 Å². The van der Waals surface area contributed by atoms with Crippen molar-refractivity contribution in [2.24, 2.45) is 0 Å². The zero-order chi connectivity index (χ0) is 12.6. The molecule has 0 aromatic rings. The zero-order valence-corrected chi connectivity index (χ0v) is 8.78. The number of carbonyl (C=O) groups excluding carboxylic acids is 1. The Kier molecular flexibility index (Phi) is 3.29. The fourth-order valence-corrected chi connectivity index (χ4v) is 1.82. The summed E-state index contributed by atoms with van der Waals surface area (Å²) >= 11 is 0. The monoisotopic (exact) mass is 248 g/mol. The number of nitrogens with zero attached hydrogens (tertiary/aromatic N) is 1. The fraction of sp³-hybridized carbons (Fsp3) is 0.667. The summed E-state index contributed by atoms with van der Waals surface area (Å²) < 4.78 is 18.3. The van der Waals surface area contributed by atoms with Gasteiger partial charge in [-0.1, -0.05) is 0 Å². The van der Waals surface area contributed by atoms with E-state index in [-0.39, 0.29) is 13.0 Å². The third-order valence-corrected chi connectivity index (χ3v) is 2.74. The smallest absolute Gasteiger partial charge is 0.284 e. The summed E-state index contributed by atoms with van der Waals surface area (Å²) in [7, 11) is 0. The lowest BCUT2D eigenvalue weighted by Crippen LogP contribution is -2.53. The minimum Gasteiger partial charge on any atom is -0.394 e. The Bertz CT molecular complexity index is 350. The molecule has 1 unspecified atom stereocenters. The predicted molar refractivity (Wildman–Crippen MR) is 51.6 cm³/mol. The van der Waals surface area contributed by atoms with Crippen LogP contribution in [0.4, 0.5) is 4.39 Å². The number of nitrogens with one attached hydrogen (secondary N) is 1. The zero-order valence-electron chi connectivity index (χ0n) is 8.78. The molecule has 17 heavy (non-hydrogen) atoms. The average Bonchev–Trinajstić information content (AvgIpc) is 2.65. The molecule has 4 N–H and O–H groups in total. The van der Waals surface area contributed by atoms with Gasteiger partial charge < -0.3 is 30.3 Å². The van der Waals surface area contributed by atoms with Crippen molar-refractivity contribution in [1.29, 1.82) is 0 Å². The van der Waals surface area contributed by atoms with Crippen molar-refractivity contribution >= 4 is 5.91 Å². The van der Waals surface area contributed by atoms with Gasteiger partial charge >= 0.3 is 0 Å². The molecular weight excluding hydrogens is 235 g/mol. The normalized spacial score (nSPS) is 38.0. The van der Waals surface area contributed by atoms with Gasteiger partial charge in [-0.3, -0.25) is 4.79 Å². The first-order valence-corrected chi connectivity index (χ1v) is 5.11. The maximum atomic E-state index is 13.1. The Morgan fingerprint density at radius 2 is 2.29 bits per heavy atom. The van der Waals surface area contributed by atoms with Crippen LogP contribution in [0.2, 0.25) is 0 Å². The second kappa shape index (κ2) is 4.57. The van der Waals surface area contributed by atoms with E-state index in [1.165, 1.54) is 0 Å². The molecule has 1 fully saturated rings. The van der Waals surface area contributed by atoms with E-state index in [0.717, 1.165) is 11.1 Å². The van der Waals surface area contributed by atoms with E-state index in [0.29, 0.717) is 0 Å². The molecule has 8 heteroatoms. The minimum atomic E-state index is -1.42. The van der Waals surface area contributed by atoms with E-state index in [9.17, 15) is 19.4 Å². The van der Waals surface area contributed by atoms with Gasteiger partial charge in [0.2, 0.25) is 12.2 Å². The van der Waals surface area contributed by atoms with Gasteiger partial charge in [0.25, 0.3) is 5.91 Å². The van der Waals surface area contributed by atoms with Crippen molar-refractivity contribution in [3.05, 3.63) is 12.0 Å². The molecule has 2 aliphatic rings. The van der Waals surface area contributed by atoms with Crippen LogP contribution in [0.3, 0.4) is 0 Å². The second-order valence-corrected chi connectivity index (χ2v) is 3.89. The summed E-state index contributed by atoms with van der Waals surface area (Å²) in [5, 5.41) is 29.9. The maximum absolute atomic E-state index is 13.1. The highest BCUT2D eigenvalue weighted by atomic mass is 19.1. The Morgan fingerprint density at radius 3 is 2.88 bits per heavy atom. The summed E-state index contributed by atoms with van der Waals surface area (Å²) in [5.74, 6) is -2.06. The molecule has 0 aliphatic carbocycles. The van der Waals surface area contributed by atoms with E-state index in [1.807, 2.05) is 5.32 Å². The Labute approximate surface area is 96.1 Å². The van der Waals surface area contributed by atoms with Gasteiger partial charge in [0.15, 0.2) is 0 Å². The van der Waals surface area contributed by atoms with Crippen molar-refractivity contribution in [2.45, 2.75) is 31.2 Å². The summed E-state index contributed by atoms with van der Waals surface area (Å²) in [6, 6.07) is 0. The molecule has 4 atom stereocenters. The standard InChI is InChI=1S/C9H13FN2O5/c10-4-2-12(9(16)11-8(4)15)7-1-5(14)6(3-13)17-7/h2,5-7,9,13-14,16H,1,3H2,(H,11,15)/t5-,6+,7+,9?/m0/s1. The molecule has 0 bridgehead atoms. The summed E-state index contributed by atoms with van der Waals surface area (Å²) in [5.41, 5.74) is 0. The van der Waals surface area contributed by atoms with Crippen LogP contribution in [0, 0.1) is 0 Å². The van der Waals surface area contributed by atoms with E-state index < -0.39 is 36.5 Å². The lowest BCUT2D eigenvalue weighted by Gasteiger charge is -2.34. The molecule has 1 saturated heterocycles. The van der Waals surface area contributed by atoms with E-state index in [1.54, 1.807) is 0 Å². The van der Waals surface area contributed by atoms with Crippen LogP contribution in [0.15, 0.2) is 12.0 Å². The third-order valence-electron chi connectivity index (χ3n) is 2.74. The molecule has 0 aromatic carbocycles. The SMILES string of the molecule is O=C1NC(O)N([C@H]2C[C@H](O)[C@@H](CO)O2)C=C1F. The van der Waals surface area contributed by atoms with Crippen molar-refractivity contribution in [1.82, 2.24) is 10.2 Å². The van der Waals surface area contributed by atoms with Gasteiger partial charge in [0.05, 0.1) is 12.7 Å². The van der Waals surface area contributed by atoms with Crippen LogP contribution in [0.25, 0.3) is 0 Å². The number of ether oxygens (including phenoxy) is 1. The number of hydrogen-bond acceptors (Lipinski definition) is 6. The van der Waals surface area contributed by atoms with Crippen LogP contribution in [0.1, 0.15) is 6.42 Å². The third kappa shape index (κ3) is 2.25. The number of aliphatic hydroxyl groups excluding tert-OH is 3. The Balaban J connectivity index is 2.10. The maximum Gasteiger partial charge on any atom is 0.284 e. The average molecular weight is 248 g/mol. The number of rotatable bonds is 2. The quantitative estimate of drug-likeness (QED) is 0.449. The Morgan fingerprint density at radius 1 is 1.59 bits per heavy atom. The highest BCUT2D eigenvalue weighted by molar-refractivity contribution is 5.91. The van der Waals surface area contributed by atoms with Crippen molar-refractivity contribution in [3.8, 4) is 0 Å². The van der Waals surface area contributed by atoms with Gasteiger partial charge in [-0.25, -0.2) is 0 Å². The van der Waals surface area contributed by atoms with Gasteiger partial charge in [-0.15, -0.1) is 0 Å². The molecule has 0 spiro atoms. The largest absolute Gasteiger partial charge is 0.394 e. The summed E-state index contributed by atoms with van der Waals surface area (Å²) in [6.07, 6.45) is -2.98. The number of halogens is 1. The fourth-order valence-electron chi connectivity index (χ4n) is 1.82. The predicted octanol–water partition coefficient (Wildman–Crippen LogP) is -2.03. The van der Waals surface area contributed by atoms with Crippen molar-refractivity contribution in [2.75, 3.05) is 6.61 Å². The van der Waals surface area contributed by atoms with E-state index in [4.69, 9.17) is 9.84 Å². The summed E-state index contributed by atoms with van der Waals surface area (Å²) in [4.78, 5) is 11.9. The highest BCUT2D eigenvalue weighted by Crippen LogP contribution is 2.26. The first kappa shape index (κ1) is 12.2. The molecule has 2 rings (SSSR count). The lowest BCUT2D eigenvalue weighted by atomic mass is 10.2. The number of amides is 1. The van der Waals surface area contributed by atoms with Crippen molar-refractivity contribution in [3.63, 3.8) is 0 Å². The van der Waals surface area contributed by atoms with Crippen LogP contribution in [0.5, 0.6) is 0 Å². The number of hydrogen-bond donors (Lipinski definition) is 4. The van der Waals surface area contributed by atoms with E-state index in [2.05, 4.69) is 0 Å². The van der Waals surface area contributed by atoms with Crippen LogP contribution < -0.4 is 5.32 Å².